The zero-order valence-electron chi connectivity index (χ0n) is 15.5. The Labute approximate surface area is 159 Å². The third-order valence-electron chi connectivity index (χ3n) is 4.30. The largest absolute Gasteiger partial charge is 0.496 e. The maximum Gasteiger partial charge on any atom is 0.257 e. The maximum atomic E-state index is 12.4. The number of hydrogen-bond acceptors (Lipinski definition) is 4. The Balaban J connectivity index is 1.59. The van der Waals surface area contributed by atoms with E-state index in [0.717, 1.165) is 23.4 Å². The Morgan fingerprint density at radius 3 is 2.48 bits per heavy atom. The molecule has 0 aliphatic rings. The van der Waals surface area contributed by atoms with Crippen molar-refractivity contribution in [3.63, 3.8) is 0 Å². The molecule has 27 heavy (non-hydrogen) atoms. The van der Waals surface area contributed by atoms with E-state index in [1.807, 2.05) is 48.5 Å². The number of para-hydroxylation sites is 1. The molecule has 0 aliphatic heterocycles. The number of ether oxygens (including phenoxy) is 1. The van der Waals surface area contributed by atoms with Crippen LogP contribution in [0.25, 0.3) is 0 Å². The lowest BCUT2D eigenvalue weighted by Crippen LogP contribution is -2.12. The summed E-state index contributed by atoms with van der Waals surface area (Å²) in [6.45, 7) is 2.69. The number of pyridine rings is 1. The van der Waals surface area contributed by atoms with Gasteiger partial charge in [0.25, 0.3) is 5.91 Å². The Kier molecular flexibility index (Phi) is 6.05. The van der Waals surface area contributed by atoms with E-state index in [0.29, 0.717) is 17.9 Å². The summed E-state index contributed by atoms with van der Waals surface area (Å²) in [6, 6.07) is 19.2. The van der Waals surface area contributed by atoms with Crippen LogP contribution >= 0.6 is 0 Å². The molecule has 0 fully saturated rings. The lowest BCUT2D eigenvalue weighted by atomic mass is 10.1. The molecule has 1 amide bonds. The van der Waals surface area contributed by atoms with Crippen LogP contribution in [0.5, 0.6) is 5.75 Å². The summed E-state index contributed by atoms with van der Waals surface area (Å²) in [5.74, 6) is 1.35. The van der Waals surface area contributed by atoms with Crippen LogP contribution in [0.2, 0.25) is 0 Å². The van der Waals surface area contributed by atoms with Crippen molar-refractivity contribution in [2.24, 2.45) is 0 Å². The summed E-state index contributed by atoms with van der Waals surface area (Å²) in [6.07, 6.45) is 2.54. The molecule has 0 saturated heterocycles. The molecule has 2 aromatic carbocycles. The van der Waals surface area contributed by atoms with Crippen LogP contribution in [-0.4, -0.2) is 18.0 Å². The van der Waals surface area contributed by atoms with E-state index in [9.17, 15) is 4.79 Å². The highest BCUT2D eigenvalue weighted by molar-refractivity contribution is 6.04. The summed E-state index contributed by atoms with van der Waals surface area (Å²) in [5.41, 5.74) is 3.56. The lowest BCUT2D eigenvalue weighted by molar-refractivity contribution is 0.102. The molecule has 3 rings (SSSR count). The van der Waals surface area contributed by atoms with Gasteiger partial charge in [-0.25, -0.2) is 4.98 Å². The van der Waals surface area contributed by atoms with Crippen LogP contribution in [0.3, 0.4) is 0 Å². The molecule has 0 radical (unpaired) electrons. The number of aromatic nitrogens is 1. The number of amides is 1. The monoisotopic (exact) mass is 361 g/mol. The van der Waals surface area contributed by atoms with Crippen molar-refractivity contribution in [2.75, 3.05) is 17.7 Å². The minimum Gasteiger partial charge on any atom is -0.496 e. The molecule has 1 heterocycles. The summed E-state index contributed by atoms with van der Waals surface area (Å²) in [4.78, 5) is 16.7. The summed E-state index contributed by atoms with van der Waals surface area (Å²) in [7, 11) is 1.65. The van der Waals surface area contributed by atoms with Crippen molar-refractivity contribution in [3.05, 3.63) is 83.6 Å². The van der Waals surface area contributed by atoms with Gasteiger partial charge in [-0.05, 0) is 42.3 Å². The van der Waals surface area contributed by atoms with Gasteiger partial charge in [0.15, 0.2) is 0 Å². The van der Waals surface area contributed by atoms with Gasteiger partial charge in [0, 0.05) is 24.0 Å². The van der Waals surface area contributed by atoms with Crippen LogP contribution in [0.1, 0.15) is 28.4 Å². The first-order valence-electron chi connectivity index (χ1n) is 8.91. The van der Waals surface area contributed by atoms with Crippen molar-refractivity contribution in [2.45, 2.75) is 19.9 Å². The zero-order chi connectivity index (χ0) is 19.1. The number of methoxy groups -OCH3 is 1. The molecule has 3 aromatic rings. The second-order valence-corrected chi connectivity index (χ2v) is 6.10. The van der Waals surface area contributed by atoms with Gasteiger partial charge < -0.3 is 15.4 Å². The van der Waals surface area contributed by atoms with Crippen molar-refractivity contribution >= 4 is 17.4 Å². The number of hydrogen-bond donors (Lipinski definition) is 2. The molecule has 0 bridgehead atoms. The van der Waals surface area contributed by atoms with Gasteiger partial charge in [0.05, 0.1) is 12.7 Å². The van der Waals surface area contributed by atoms with E-state index < -0.39 is 0 Å². The highest BCUT2D eigenvalue weighted by Gasteiger charge is 2.07. The number of nitrogens with one attached hydrogen (secondary N) is 2. The molecular formula is C22H23N3O2. The van der Waals surface area contributed by atoms with Gasteiger partial charge in [-0.2, -0.15) is 0 Å². The first-order valence-corrected chi connectivity index (χ1v) is 8.91. The highest BCUT2D eigenvalue weighted by atomic mass is 16.5. The number of carbonyl (C=O) groups is 1. The lowest BCUT2D eigenvalue weighted by Gasteiger charge is -2.10. The second kappa shape index (κ2) is 8.85. The molecule has 0 unspecified atom stereocenters. The van der Waals surface area contributed by atoms with Gasteiger partial charge in [-0.1, -0.05) is 37.3 Å². The highest BCUT2D eigenvalue weighted by Crippen LogP contribution is 2.18. The van der Waals surface area contributed by atoms with E-state index in [1.54, 1.807) is 25.4 Å². The van der Waals surface area contributed by atoms with E-state index in [1.165, 1.54) is 5.56 Å². The fraction of sp³-hybridized carbons (Fsp3) is 0.182. The Hall–Kier alpha value is -3.34. The van der Waals surface area contributed by atoms with Crippen LogP contribution in [0.4, 0.5) is 11.5 Å². The molecule has 5 heteroatoms. The molecule has 0 aliphatic carbocycles. The fourth-order valence-electron chi connectivity index (χ4n) is 2.69. The van der Waals surface area contributed by atoms with Crippen LogP contribution in [-0.2, 0) is 13.0 Å². The minimum atomic E-state index is -0.178. The normalized spacial score (nSPS) is 10.3. The second-order valence-electron chi connectivity index (χ2n) is 6.10. The Morgan fingerprint density at radius 1 is 1.04 bits per heavy atom. The SMILES string of the molecule is CCc1ccc(NC(=O)c2ccc(NCc3ccccc3OC)nc2)cc1. The molecule has 5 nitrogen and oxygen atoms in total. The van der Waals surface area contributed by atoms with Crippen molar-refractivity contribution in [3.8, 4) is 5.75 Å². The average Bonchev–Trinajstić information content (AvgIpc) is 2.73. The summed E-state index contributed by atoms with van der Waals surface area (Å²) >= 11 is 0. The third kappa shape index (κ3) is 4.85. The molecular weight excluding hydrogens is 338 g/mol. The first kappa shape index (κ1) is 18.5. The third-order valence-corrected chi connectivity index (χ3v) is 4.30. The van der Waals surface area contributed by atoms with Gasteiger partial charge in [-0.3, -0.25) is 4.79 Å². The topological polar surface area (TPSA) is 63.2 Å². The van der Waals surface area contributed by atoms with Gasteiger partial charge in [-0.15, -0.1) is 0 Å². The fourth-order valence-corrected chi connectivity index (χ4v) is 2.69. The number of rotatable bonds is 7. The maximum absolute atomic E-state index is 12.4. The molecule has 0 atom stereocenters. The van der Waals surface area contributed by atoms with E-state index >= 15 is 0 Å². The standard InChI is InChI=1S/C22H23N3O2/c1-3-16-8-11-19(12-9-16)25-22(26)18-10-13-21(24-15-18)23-14-17-6-4-5-7-20(17)27-2/h4-13,15H,3,14H2,1-2H3,(H,23,24)(H,25,26). The zero-order valence-corrected chi connectivity index (χ0v) is 15.5. The number of aryl methyl sites for hydroxylation is 1. The van der Waals surface area contributed by atoms with E-state index in [4.69, 9.17) is 4.74 Å². The number of carbonyl (C=O) groups excluding carboxylic acids is 1. The average molecular weight is 361 g/mol. The number of anilines is 2. The van der Waals surface area contributed by atoms with Crippen LogP contribution < -0.4 is 15.4 Å². The van der Waals surface area contributed by atoms with Crippen LogP contribution in [0.15, 0.2) is 66.9 Å². The molecule has 1 aromatic heterocycles. The van der Waals surface area contributed by atoms with Gasteiger partial charge in [0.1, 0.15) is 11.6 Å². The Morgan fingerprint density at radius 2 is 1.81 bits per heavy atom. The smallest absolute Gasteiger partial charge is 0.257 e. The van der Waals surface area contributed by atoms with E-state index in [-0.39, 0.29) is 5.91 Å². The number of nitrogens with zero attached hydrogens (tertiary/aromatic N) is 1. The van der Waals surface area contributed by atoms with Crippen molar-refractivity contribution in [1.29, 1.82) is 0 Å². The first-order chi connectivity index (χ1) is 13.2. The Bertz CT molecular complexity index is 890. The predicted octanol–water partition coefficient (Wildman–Crippen LogP) is 4.52. The minimum absolute atomic E-state index is 0.178. The summed E-state index contributed by atoms with van der Waals surface area (Å²) in [5, 5.41) is 6.13. The van der Waals surface area contributed by atoms with Crippen LogP contribution in [0, 0.1) is 0 Å². The van der Waals surface area contributed by atoms with Gasteiger partial charge in [0.2, 0.25) is 0 Å². The van der Waals surface area contributed by atoms with Crippen molar-refractivity contribution in [1.82, 2.24) is 4.98 Å². The molecule has 2 N–H and O–H groups in total. The van der Waals surface area contributed by atoms with E-state index in [2.05, 4.69) is 22.5 Å². The molecule has 0 saturated carbocycles. The number of benzene rings is 2. The molecule has 138 valence electrons. The molecule has 0 spiro atoms. The predicted molar refractivity (Wildman–Crippen MR) is 108 cm³/mol. The van der Waals surface area contributed by atoms with Crippen molar-refractivity contribution < 1.29 is 9.53 Å². The van der Waals surface area contributed by atoms with Gasteiger partial charge >= 0.3 is 0 Å². The summed E-state index contributed by atoms with van der Waals surface area (Å²) < 4.78 is 5.34. The quantitative estimate of drug-likeness (QED) is 0.650.